The molecule has 7 heteroatoms. The fraction of sp³-hybridized carbons (Fsp3) is 0.409. The molecule has 29 heavy (non-hydrogen) atoms. The minimum Gasteiger partial charge on any atom is -0.451 e. The number of piperidine rings is 1. The SMILES string of the molecule is CCc1sc(C(=O)OCC(=O)N2CCC(c3nc4ccccc4o3)CC2)cc1C. The van der Waals surface area contributed by atoms with Crippen molar-refractivity contribution in [3.05, 3.63) is 51.5 Å². The Morgan fingerprint density at radius 1 is 1.28 bits per heavy atom. The smallest absolute Gasteiger partial charge is 0.348 e. The number of rotatable bonds is 5. The molecule has 0 aliphatic carbocycles. The van der Waals surface area contributed by atoms with Gasteiger partial charge in [-0.2, -0.15) is 0 Å². The van der Waals surface area contributed by atoms with E-state index in [2.05, 4.69) is 11.9 Å². The van der Waals surface area contributed by atoms with Gasteiger partial charge in [-0.15, -0.1) is 11.3 Å². The first-order valence-corrected chi connectivity index (χ1v) is 10.8. The number of hydrogen-bond acceptors (Lipinski definition) is 6. The van der Waals surface area contributed by atoms with Crippen LogP contribution >= 0.6 is 11.3 Å². The number of benzene rings is 1. The molecule has 0 spiro atoms. The van der Waals surface area contributed by atoms with Crippen molar-refractivity contribution in [1.29, 1.82) is 0 Å². The lowest BCUT2D eigenvalue weighted by atomic mass is 9.97. The highest BCUT2D eigenvalue weighted by molar-refractivity contribution is 7.14. The standard InChI is InChI=1S/C22H24N2O4S/c1-3-18-14(2)12-19(29-18)22(26)27-13-20(25)24-10-8-15(9-11-24)21-23-16-6-4-5-7-17(16)28-21/h4-7,12,15H,3,8-11,13H2,1-2H3. The van der Waals surface area contributed by atoms with Gasteiger partial charge in [0.25, 0.3) is 5.91 Å². The van der Waals surface area contributed by atoms with E-state index >= 15 is 0 Å². The number of carbonyl (C=O) groups excluding carboxylic acids is 2. The number of aryl methyl sites for hydroxylation is 2. The van der Waals surface area contributed by atoms with E-state index in [0.717, 1.165) is 41.8 Å². The molecule has 0 radical (unpaired) electrons. The van der Waals surface area contributed by atoms with Crippen molar-refractivity contribution in [2.24, 2.45) is 0 Å². The van der Waals surface area contributed by atoms with E-state index in [1.807, 2.05) is 37.3 Å². The third-order valence-electron chi connectivity index (χ3n) is 5.38. The molecule has 1 aromatic carbocycles. The molecule has 0 bridgehead atoms. The average Bonchev–Trinajstić information content (AvgIpc) is 3.35. The number of hydrogen-bond donors (Lipinski definition) is 0. The molecule has 6 nitrogen and oxygen atoms in total. The molecule has 2 aromatic heterocycles. The molecule has 152 valence electrons. The van der Waals surface area contributed by atoms with Gasteiger partial charge in [-0.25, -0.2) is 9.78 Å². The zero-order valence-electron chi connectivity index (χ0n) is 16.6. The van der Waals surface area contributed by atoms with Gasteiger partial charge in [-0.1, -0.05) is 19.1 Å². The summed E-state index contributed by atoms with van der Waals surface area (Å²) in [5.74, 6) is 0.367. The van der Waals surface area contributed by atoms with Crippen molar-refractivity contribution in [3.63, 3.8) is 0 Å². The molecule has 0 unspecified atom stereocenters. The lowest BCUT2D eigenvalue weighted by Crippen LogP contribution is -2.40. The van der Waals surface area contributed by atoms with Crippen molar-refractivity contribution in [3.8, 4) is 0 Å². The summed E-state index contributed by atoms with van der Waals surface area (Å²) in [6.07, 6.45) is 2.46. The summed E-state index contributed by atoms with van der Waals surface area (Å²) in [6, 6.07) is 9.56. The number of likely N-dealkylation sites (tertiary alicyclic amines) is 1. The number of ether oxygens (including phenoxy) is 1. The molecule has 4 rings (SSSR count). The van der Waals surface area contributed by atoms with E-state index < -0.39 is 5.97 Å². The zero-order valence-corrected chi connectivity index (χ0v) is 17.5. The van der Waals surface area contributed by atoms with Crippen molar-refractivity contribution in [2.75, 3.05) is 19.7 Å². The van der Waals surface area contributed by atoms with Gasteiger partial charge in [0.2, 0.25) is 0 Å². The van der Waals surface area contributed by atoms with Gasteiger partial charge in [0.05, 0.1) is 0 Å². The second kappa shape index (κ2) is 8.37. The number of para-hydroxylation sites is 2. The van der Waals surface area contributed by atoms with Crippen LogP contribution in [0.15, 0.2) is 34.7 Å². The number of fused-ring (bicyclic) bond motifs is 1. The van der Waals surface area contributed by atoms with Crippen LogP contribution in [0.5, 0.6) is 0 Å². The number of nitrogens with zero attached hydrogens (tertiary/aromatic N) is 2. The fourth-order valence-electron chi connectivity index (χ4n) is 3.70. The van der Waals surface area contributed by atoms with Gasteiger partial charge in [0, 0.05) is 23.9 Å². The molecule has 1 aliphatic rings. The summed E-state index contributed by atoms with van der Waals surface area (Å²) in [6.45, 7) is 5.04. The van der Waals surface area contributed by atoms with E-state index in [0.29, 0.717) is 18.0 Å². The first-order valence-electron chi connectivity index (χ1n) is 9.94. The van der Waals surface area contributed by atoms with Crippen LogP contribution in [0.3, 0.4) is 0 Å². The Hall–Kier alpha value is -2.67. The Labute approximate surface area is 173 Å². The van der Waals surface area contributed by atoms with Crippen molar-refractivity contribution < 1.29 is 18.7 Å². The summed E-state index contributed by atoms with van der Waals surface area (Å²) in [4.78, 5) is 32.8. The van der Waals surface area contributed by atoms with Crippen LogP contribution in [0.1, 0.15) is 51.7 Å². The second-order valence-electron chi connectivity index (χ2n) is 7.32. The van der Waals surface area contributed by atoms with Crippen LogP contribution in [-0.2, 0) is 16.0 Å². The van der Waals surface area contributed by atoms with E-state index in [4.69, 9.17) is 9.15 Å². The highest BCUT2D eigenvalue weighted by Crippen LogP contribution is 2.30. The molecule has 1 fully saturated rings. The predicted octanol–water partition coefficient (Wildman–Crippen LogP) is 4.32. The maximum atomic E-state index is 12.5. The summed E-state index contributed by atoms with van der Waals surface area (Å²) < 4.78 is 11.1. The van der Waals surface area contributed by atoms with Crippen LogP contribution in [0.2, 0.25) is 0 Å². The summed E-state index contributed by atoms with van der Waals surface area (Å²) >= 11 is 1.44. The normalized spacial score (nSPS) is 15.0. The van der Waals surface area contributed by atoms with Crippen LogP contribution in [0.4, 0.5) is 0 Å². The average molecular weight is 413 g/mol. The van der Waals surface area contributed by atoms with Crippen LogP contribution in [-0.4, -0.2) is 41.5 Å². The van der Waals surface area contributed by atoms with E-state index in [1.54, 1.807) is 4.90 Å². The fourth-order valence-corrected chi connectivity index (χ4v) is 4.71. The number of oxazole rings is 1. The zero-order chi connectivity index (χ0) is 20.4. The Balaban J connectivity index is 1.29. The van der Waals surface area contributed by atoms with E-state index in [-0.39, 0.29) is 18.4 Å². The maximum Gasteiger partial charge on any atom is 0.348 e. The molecule has 0 atom stereocenters. The monoisotopic (exact) mass is 412 g/mol. The van der Waals surface area contributed by atoms with Gasteiger partial charge >= 0.3 is 5.97 Å². The van der Waals surface area contributed by atoms with E-state index in [1.165, 1.54) is 16.2 Å². The van der Waals surface area contributed by atoms with E-state index in [9.17, 15) is 9.59 Å². The molecular weight excluding hydrogens is 388 g/mol. The second-order valence-corrected chi connectivity index (χ2v) is 8.46. The molecule has 3 heterocycles. The Morgan fingerprint density at radius 2 is 2.03 bits per heavy atom. The highest BCUT2D eigenvalue weighted by Gasteiger charge is 2.27. The Morgan fingerprint density at radius 3 is 2.72 bits per heavy atom. The molecule has 1 saturated heterocycles. The van der Waals surface area contributed by atoms with Crippen molar-refractivity contribution in [1.82, 2.24) is 9.88 Å². The molecule has 1 aliphatic heterocycles. The topological polar surface area (TPSA) is 72.6 Å². The molecular formula is C22H24N2O4S. The van der Waals surface area contributed by atoms with Crippen molar-refractivity contribution in [2.45, 2.75) is 39.0 Å². The highest BCUT2D eigenvalue weighted by atomic mass is 32.1. The quantitative estimate of drug-likeness (QED) is 0.584. The van der Waals surface area contributed by atoms with Crippen molar-refractivity contribution >= 4 is 34.3 Å². The Bertz CT molecular complexity index is 998. The third kappa shape index (κ3) is 4.19. The van der Waals surface area contributed by atoms with Gasteiger partial charge in [-0.05, 0) is 49.9 Å². The molecule has 0 saturated carbocycles. The number of thiophene rings is 1. The number of carbonyl (C=O) groups is 2. The minimum atomic E-state index is -0.424. The summed E-state index contributed by atoms with van der Waals surface area (Å²) in [5.41, 5.74) is 2.75. The summed E-state index contributed by atoms with van der Waals surface area (Å²) in [7, 11) is 0. The van der Waals surface area contributed by atoms with Gasteiger partial charge in [-0.3, -0.25) is 4.79 Å². The van der Waals surface area contributed by atoms with Crippen LogP contribution in [0.25, 0.3) is 11.1 Å². The lowest BCUT2D eigenvalue weighted by Gasteiger charge is -2.30. The number of amides is 1. The van der Waals surface area contributed by atoms with Crippen LogP contribution < -0.4 is 0 Å². The number of aromatic nitrogens is 1. The maximum absolute atomic E-state index is 12.5. The molecule has 1 amide bonds. The summed E-state index contributed by atoms with van der Waals surface area (Å²) in [5, 5.41) is 0. The first kappa shape index (κ1) is 19.6. The first-order chi connectivity index (χ1) is 14.0. The lowest BCUT2D eigenvalue weighted by molar-refractivity contribution is -0.135. The van der Waals surface area contributed by atoms with Gasteiger partial charge in [0.1, 0.15) is 10.4 Å². The van der Waals surface area contributed by atoms with Crippen LogP contribution in [0, 0.1) is 6.92 Å². The Kier molecular flexibility index (Phi) is 5.67. The van der Waals surface area contributed by atoms with Gasteiger partial charge in [0.15, 0.2) is 18.1 Å². The predicted molar refractivity (Wildman–Crippen MR) is 111 cm³/mol. The largest absolute Gasteiger partial charge is 0.451 e. The number of esters is 1. The minimum absolute atomic E-state index is 0.154. The third-order valence-corrected chi connectivity index (χ3v) is 6.74. The molecule has 0 N–H and O–H groups in total. The molecule has 3 aromatic rings. The van der Waals surface area contributed by atoms with Gasteiger partial charge < -0.3 is 14.1 Å².